The molecule has 0 aliphatic heterocycles. The van der Waals surface area contributed by atoms with Crippen molar-refractivity contribution in [1.82, 2.24) is 4.90 Å². The Labute approximate surface area is 101 Å². The van der Waals surface area contributed by atoms with Gasteiger partial charge in [0.2, 0.25) is 0 Å². The summed E-state index contributed by atoms with van der Waals surface area (Å²) >= 11 is 0. The van der Waals surface area contributed by atoms with Crippen molar-refractivity contribution in [3.05, 3.63) is 0 Å². The number of hydrogen-bond donors (Lipinski definition) is 1. The molecule has 0 spiro atoms. The molecule has 1 atom stereocenters. The highest BCUT2D eigenvalue weighted by molar-refractivity contribution is 4.94. The maximum absolute atomic E-state index is 6.05. The van der Waals surface area contributed by atoms with Crippen LogP contribution in [-0.4, -0.2) is 30.1 Å². The van der Waals surface area contributed by atoms with Crippen LogP contribution < -0.4 is 5.73 Å². The van der Waals surface area contributed by atoms with E-state index in [9.17, 15) is 0 Å². The van der Waals surface area contributed by atoms with Gasteiger partial charge in [0.05, 0.1) is 0 Å². The molecule has 1 unspecified atom stereocenters. The molecule has 0 amide bonds. The molecule has 2 saturated carbocycles. The summed E-state index contributed by atoms with van der Waals surface area (Å²) in [6.45, 7) is 6.83. The maximum Gasteiger partial charge on any atom is 0.0249 e. The Morgan fingerprint density at radius 1 is 1.12 bits per heavy atom. The molecule has 2 fully saturated rings. The predicted molar refractivity (Wildman–Crippen MR) is 69.4 cm³/mol. The molecule has 0 bridgehead atoms. The van der Waals surface area contributed by atoms with Crippen molar-refractivity contribution >= 4 is 0 Å². The van der Waals surface area contributed by atoms with Crippen molar-refractivity contribution in [2.45, 2.75) is 64.5 Å². The molecular weight excluding hydrogens is 196 g/mol. The van der Waals surface area contributed by atoms with Gasteiger partial charge in [0.1, 0.15) is 0 Å². The quantitative estimate of drug-likeness (QED) is 0.687. The molecule has 2 rings (SSSR count). The highest BCUT2D eigenvalue weighted by Crippen LogP contribution is 2.37. The van der Waals surface area contributed by atoms with E-state index < -0.39 is 0 Å². The molecule has 2 aliphatic carbocycles. The fraction of sp³-hybridized carbons (Fsp3) is 1.00. The lowest BCUT2D eigenvalue weighted by atomic mass is 9.92. The van der Waals surface area contributed by atoms with Crippen molar-refractivity contribution in [3.63, 3.8) is 0 Å². The molecular formula is C14H28N2. The molecule has 16 heavy (non-hydrogen) atoms. The minimum Gasteiger partial charge on any atom is -0.329 e. The van der Waals surface area contributed by atoms with Gasteiger partial charge in [0, 0.05) is 25.2 Å². The fourth-order valence-corrected chi connectivity index (χ4v) is 2.99. The third-order valence-corrected chi connectivity index (χ3v) is 4.44. The van der Waals surface area contributed by atoms with Crippen LogP contribution in [0.4, 0.5) is 0 Å². The number of rotatable bonds is 8. The average molecular weight is 224 g/mol. The molecule has 94 valence electrons. The molecule has 2 heteroatoms. The standard InChI is InChI=1S/C14H28N2/c1-3-12(4-2)14(9-15)16(13-7-8-13)10-11-5-6-11/h11-14H,3-10,15H2,1-2H3. The van der Waals surface area contributed by atoms with Gasteiger partial charge in [0.25, 0.3) is 0 Å². The topological polar surface area (TPSA) is 29.3 Å². The zero-order valence-electron chi connectivity index (χ0n) is 11.0. The first-order chi connectivity index (χ1) is 7.80. The van der Waals surface area contributed by atoms with Crippen molar-refractivity contribution in [1.29, 1.82) is 0 Å². The van der Waals surface area contributed by atoms with Gasteiger partial charge in [-0.3, -0.25) is 4.90 Å². The maximum atomic E-state index is 6.05. The van der Waals surface area contributed by atoms with Crippen LogP contribution in [0.2, 0.25) is 0 Å². The molecule has 0 aromatic carbocycles. The number of nitrogens with zero attached hydrogens (tertiary/aromatic N) is 1. The van der Waals surface area contributed by atoms with Gasteiger partial charge in [-0.05, 0) is 37.5 Å². The molecule has 0 saturated heterocycles. The fourth-order valence-electron chi connectivity index (χ4n) is 2.99. The number of nitrogens with two attached hydrogens (primary N) is 1. The van der Waals surface area contributed by atoms with Gasteiger partial charge >= 0.3 is 0 Å². The van der Waals surface area contributed by atoms with Crippen molar-refractivity contribution < 1.29 is 0 Å². The Kier molecular flexibility index (Phi) is 4.26. The van der Waals surface area contributed by atoms with E-state index in [1.165, 1.54) is 45.1 Å². The van der Waals surface area contributed by atoms with Crippen LogP contribution >= 0.6 is 0 Å². The summed E-state index contributed by atoms with van der Waals surface area (Å²) < 4.78 is 0. The van der Waals surface area contributed by atoms with Gasteiger partial charge in [-0.1, -0.05) is 26.7 Å². The summed E-state index contributed by atoms with van der Waals surface area (Å²) in [5.41, 5.74) is 6.05. The third-order valence-electron chi connectivity index (χ3n) is 4.44. The van der Waals surface area contributed by atoms with Crippen LogP contribution in [0.15, 0.2) is 0 Å². The van der Waals surface area contributed by atoms with Gasteiger partial charge in [-0.2, -0.15) is 0 Å². The zero-order chi connectivity index (χ0) is 11.5. The normalized spacial score (nSPS) is 23.1. The Morgan fingerprint density at radius 2 is 1.75 bits per heavy atom. The second-order valence-corrected chi connectivity index (χ2v) is 5.75. The molecule has 2 N–H and O–H groups in total. The lowest BCUT2D eigenvalue weighted by Crippen LogP contribution is -2.47. The second kappa shape index (κ2) is 5.50. The monoisotopic (exact) mass is 224 g/mol. The van der Waals surface area contributed by atoms with Crippen LogP contribution in [0, 0.1) is 11.8 Å². The van der Waals surface area contributed by atoms with Gasteiger partial charge < -0.3 is 5.73 Å². The Bertz CT molecular complexity index is 205. The highest BCUT2D eigenvalue weighted by Gasteiger charge is 2.38. The summed E-state index contributed by atoms with van der Waals surface area (Å²) in [6, 6.07) is 1.54. The molecule has 0 radical (unpaired) electrons. The minimum absolute atomic E-state index is 0.656. The first-order valence-electron chi connectivity index (χ1n) is 7.25. The van der Waals surface area contributed by atoms with E-state index in [2.05, 4.69) is 18.7 Å². The molecule has 2 nitrogen and oxygen atoms in total. The smallest absolute Gasteiger partial charge is 0.0249 e. The minimum atomic E-state index is 0.656. The first-order valence-corrected chi connectivity index (χ1v) is 7.25. The van der Waals surface area contributed by atoms with E-state index in [0.717, 1.165) is 24.4 Å². The van der Waals surface area contributed by atoms with Gasteiger partial charge in [-0.25, -0.2) is 0 Å². The van der Waals surface area contributed by atoms with E-state index in [-0.39, 0.29) is 0 Å². The number of hydrogen-bond acceptors (Lipinski definition) is 2. The van der Waals surface area contributed by atoms with Crippen molar-refractivity contribution in [3.8, 4) is 0 Å². The summed E-state index contributed by atoms with van der Waals surface area (Å²) in [6.07, 6.45) is 8.33. The molecule has 0 heterocycles. The van der Waals surface area contributed by atoms with E-state index in [4.69, 9.17) is 5.73 Å². The SMILES string of the molecule is CCC(CC)C(CN)N(CC1CC1)C1CC1. The average Bonchev–Trinajstić information content (AvgIpc) is 3.17. The Morgan fingerprint density at radius 3 is 2.12 bits per heavy atom. The summed E-state index contributed by atoms with van der Waals surface area (Å²) in [5, 5.41) is 0. The predicted octanol–water partition coefficient (Wildman–Crippen LogP) is 2.62. The van der Waals surface area contributed by atoms with Gasteiger partial charge in [0.15, 0.2) is 0 Å². The van der Waals surface area contributed by atoms with Crippen LogP contribution in [-0.2, 0) is 0 Å². The molecule has 0 aromatic heterocycles. The summed E-state index contributed by atoms with van der Waals surface area (Å²) in [4.78, 5) is 2.77. The summed E-state index contributed by atoms with van der Waals surface area (Å²) in [7, 11) is 0. The summed E-state index contributed by atoms with van der Waals surface area (Å²) in [5.74, 6) is 1.81. The largest absolute Gasteiger partial charge is 0.329 e. The molecule has 0 aromatic rings. The zero-order valence-corrected chi connectivity index (χ0v) is 11.0. The highest BCUT2D eigenvalue weighted by atomic mass is 15.2. The van der Waals surface area contributed by atoms with Crippen molar-refractivity contribution in [2.75, 3.05) is 13.1 Å². The van der Waals surface area contributed by atoms with Crippen LogP contribution in [0.25, 0.3) is 0 Å². The second-order valence-electron chi connectivity index (χ2n) is 5.75. The van der Waals surface area contributed by atoms with E-state index in [0.29, 0.717) is 6.04 Å². The first kappa shape index (κ1) is 12.4. The van der Waals surface area contributed by atoms with E-state index in [1.54, 1.807) is 0 Å². The Balaban J connectivity index is 1.95. The van der Waals surface area contributed by atoms with Crippen LogP contribution in [0.5, 0.6) is 0 Å². The van der Waals surface area contributed by atoms with E-state index in [1.807, 2.05) is 0 Å². The van der Waals surface area contributed by atoms with Crippen LogP contribution in [0.3, 0.4) is 0 Å². The van der Waals surface area contributed by atoms with Gasteiger partial charge in [-0.15, -0.1) is 0 Å². The lowest BCUT2D eigenvalue weighted by Gasteiger charge is -2.36. The molecule has 2 aliphatic rings. The third kappa shape index (κ3) is 2.98. The van der Waals surface area contributed by atoms with E-state index >= 15 is 0 Å². The van der Waals surface area contributed by atoms with Crippen LogP contribution in [0.1, 0.15) is 52.4 Å². The van der Waals surface area contributed by atoms with Crippen molar-refractivity contribution in [2.24, 2.45) is 17.6 Å². The Hall–Kier alpha value is -0.0800. The lowest BCUT2D eigenvalue weighted by molar-refractivity contribution is 0.125.